The number of hydrogen-bond acceptors (Lipinski definition) is 7. The van der Waals surface area contributed by atoms with Gasteiger partial charge in [0.15, 0.2) is 0 Å². The summed E-state index contributed by atoms with van der Waals surface area (Å²) in [6.45, 7) is 0.252. The largest absolute Gasteiger partial charge is 0.508 e. The van der Waals surface area contributed by atoms with Crippen LogP contribution in [-0.4, -0.2) is 87.0 Å². The molecule has 12 heteroatoms. The Morgan fingerprint density at radius 3 is 2.15 bits per heavy atom. The highest BCUT2D eigenvalue weighted by Crippen LogP contribution is 2.30. The van der Waals surface area contributed by atoms with Gasteiger partial charge in [0.1, 0.15) is 11.8 Å². The number of nitrogens with zero attached hydrogens (tertiary/aromatic N) is 2. The van der Waals surface area contributed by atoms with Crippen molar-refractivity contribution < 1.29 is 39.3 Å². The first-order valence-electron chi connectivity index (χ1n) is 13.4. The van der Waals surface area contributed by atoms with Crippen LogP contribution in [0.5, 0.6) is 5.75 Å². The zero-order chi connectivity index (χ0) is 29.9. The minimum Gasteiger partial charge on any atom is -0.508 e. The van der Waals surface area contributed by atoms with Crippen molar-refractivity contribution in [1.29, 1.82) is 0 Å². The third kappa shape index (κ3) is 10.2. The van der Waals surface area contributed by atoms with Gasteiger partial charge in [-0.3, -0.25) is 24.0 Å². The van der Waals surface area contributed by atoms with Gasteiger partial charge >= 0.3 is 5.97 Å². The van der Waals surface area contributed by atoms with E-state index in [0.29, 0.717) is 25.4 Å². The minimum atomic E-state index is -1.45. The average Bonchev–Trinajstić information content (AvgIpc) is 3.75. The van der Waals surface area contributed by atoms with E-state index in [2.05, 4.69) is 5.32 Å². The molecule has 0 heterocycles. The molecule has 2 aromatic rings. The fraction of sp³-hybridized carbons (Fsp3) is 0.414. The van der Waals surface area contributed by atoms with Crippen LogP contribution in [0.25, 0.3) is 0 Å². The van der Waals surface area contributed by atoms with Gasteiger partial charge in [-0.1, -0.05) is 24.3 Å². The fourth-order valence-corrected chi connectivity index (χ4v) is 4.32. The van der Waals surface area contributed by atoms with E-state index in [1.54, 1.807) is 29.2 Å². The van der Waals surface area contributed by atoms with E-state index in [9.17, 15) is 34.2 Å². The monoisotopic (exact) mass is 568 g/mol. The molecular formula is C29H36N4O8. The molecule has 41 heavy (non-hydrogen) atoms. The lowest BCUT2D eigenvalue weighted by Crippen LogP contribution is -2.52. The van der Waals surface area contributed by atoms with Gasteiger partial charge in [0, 0.05) is 31.6 Å². The number of carboxylic acids is 1. The SMILES string of the molecule is NC(=O)CN(CCc1ccc(O)cc1)C(=O)[C@H](CC(=O)O)NC(=O)c1ccc(CN(CC2CC2)C(=O)CCO)cc1. The first-order valence-corrected chi connectivity index (χ1v) is 13.4. The summed E-state index contributed by atoms with van der Waals surface area (Å²) in [6.07, 6.45) is 1.75. The van der Waals surface area contributed by atoms with Crippen molar-refractivity contribution >= 4 is 29.6 Å². The van der Waals surface area contributed by atoms with Gasteiger partial charge in [-0.15, -0.1) is 0 Å². The van der Waals surface area contributed by atoms with E-state index in [0.717, 1.165) is 28.9 Å². The van der Waals surface area contributed by atoms with Crippen molar-refractivity contribution in [2.45, 2.75) is 44.7 Å². The number of primary amides is 1. The number of rotatable bonds is 16. The molecule has 1 atom stereocenters. The van der Waals surface area contributed by atoms with Crippen LogP contribution in [0.2, 0.25) is 0 Å². The number of aliphatic hydroxyl groups is 1. The lowest BCUT2D eigenvalue weighted by molar-refractivity contribution is -0.143. The molecule has 0 unspecified atom stereocenters. The summed E-state index contributed by atoms with van der Waals surface area (Å²) >= 11 is 0. The van der Waals surface area contributed by atoms with Crippen LogP contribution in [0, 0.1) is 5.92 Å². The first-order chi connectivity index (χ1) is 19.5. The smallest absolute Gasteiger partial charge is 0.305 e. The molecule has 2 aromatic carbocycles. The Hall–Kier alpha value is -4.45. The molecule has 3 rings (SSSR count). The highest BCUT2D eigenvalue weighted by molar-refractivity contribution is 5.99. The first kappa shape index (κ1) is 31.1. The molecule has 6 N–H and O–H groups in total. The highest BCUT2D eigenvalue weighted by atomic mass is 16.4. The van der Waals surface area contributed by atoms with Crippen LogP contribution in [0.4, 0.5) is 0 Å². The number of carboxylic acid groups (broad SMARTS) is 1. The van der Waals surface area contributed by atoms with Crippen LogP contribution in [0.1, 0.15) is 47.2 Å². The molecule has 12 nitrogen and oxygen atoms in total. The normalized spacial score (nSPS) is 13.2. The molecule has 220 valence electrons. The quantitative estimate of drug-likeness (QED) is 0.195. The van der Waals surface area contributed by atoms with Gasteiger partial charge in [-0.2, -0.15) is 0 Å². The number of carbonyl (C=O) groups is 5. The number of amides is 4. The van der Waals surface area contributed by atoms with E-state index in [4.69, 9.17) is 10.8 Å². The maximum absolute atomic E-state index is 13.3. The van der Waals surface area contributed by atoms with Crippen LogP contribution in [0.3, 0.4) is 0 Å². The number of aliphatic carboxylic acids is 1. The lowest BCUT2D eigenvalue weighted by atomic mass is 10.1. The van der Waals surface area contributed by atoms with E-state index >= 15 is 0 Å². The van der Waals surface area contributed by atoms with Crippen molar-refractivity contribution in [2.24, 2.45) is 11.7 Å². The molecule has 0 aromatic heterocycles. The zero-order valence-corrected chi connectivity index (χ0v) is 22.7. The van der Waals surface area contributed by atoms with E-state index in [-0.39, 0.29) is 36.8 Å². The van der Waals surface area contributed by atoms with Crippen LogP contribution < -0.4 is 11.1 Å². The minimum absolute atomic E-state index is 0.0274. The van der Waals surface area contributed by atoms with Crippen molar-refractivity contribution in [1.82, 2.24) is 15.1 Å². The number of hydrogen-bond donors (Lipinski definition) is 5. The molecule has 0 spiro atoms. The Labute approximate surface area is 237 Å². The van der Waals surface area contributed by atoms with E-state index < -0.39 is 42.7 Å². The van der Waals surface area contributed by atoms with Gasteiger partial charge in [0.05, 0.1) is 19.6 Å². The molecule has 0 radical (unpaired) electrons. The average molecular weight is 569 g/mol. The molecule has 1 aliphatic carbocycles. The summed E-state index contributed by atoms with van der Waals surface area (Å²) in [5, 5.41) is 30.5. The maximum atomic E-state index is 13.3. The highest BCUT2D eigenvalue weighted by Gasteiger charge is 2.30. The summed E-state index contributed by atoms with van der Waals surface area (Å²) < 4.78 is 0. The maximum Gasteiger partial charge on any atom is 0.305 e. The molecule has 0 saturated heterocycles. The molecule has 1 fully saturated rings. The van der Waals surface area contributed by atoms with Gasteiger partial charge in [0.25, 0.3) is 5.91 Å². The van der Waals surface area contributed by atoms with Crippen LogP contribution in [-0.2, 0) is 32.1 Å². The van der Waals surface area contributed by atoms with E-state index in [1.165, 1.54) is 24.3 Å². The Morgan fingerprint density at radius 2 is 1.59 bits per heavy atom. The molecule has 1 aliphatic rings. The van der Waals surface area contributed by atoms with Gasteiger partial charge in [-0.05, 0) is 60.6 Å². The summed E-state index contributed by atoms with van der Waals surface area (Å²) in [5.41, 5.74) is 7.03. The number of aromatic hydroxyl groups is 1. The number of aliphatic hydroxyl groups excluding tert-OH is 1. The standard InChI is InChI=1S/C29H36N4O8/c30-25(36)18-32(13-11-19-5-9-23(35)10-6-19)29(41)24(15-27(38)39)31-28(40)22-7-3-21(4-8-22)17-33(16-20-1-2-20)26(37)12-14-34/h3-10,20,24,34-35H,1-2,11-18H2,(H2,30,36)(H,31,40)(H,38,39)/t24-/m0/s1. The Balaban J connectivity index is 1.68. The fourth-order valence-electron chi connectivity index (χ4n) is 4.32. The third-order valence-corrected chi connectivity index (χ3v) is 6.69. The van der Waals surface area contributed by atoms with E-state index in [1.807, 2.05) is 0 Å². The van der Waals surface area contributed by atoms with Gasteiger partial charge in [0.2, 0.25) is 17.7 Å². The number of nitrogens with two attached hydrogens (primary N) is 1. The number of phenols is 1. The topological polar surface area (TPSA) is 191 Å². The Bertz CT molecular complexity index is 1230. The molecule has 0 bridgehead atoms. The lowest BCUT2D eigenvalue weighted by Gasteiger charge is -2.26. The number of nitrogens with one attached hydrogen (secondary N) is 1. The Kier molecular flexibility index (Phi) is 11.2. The van der Waals surface area contributed by atoms with Crippen molar-refractivity contribution in [3.63, 3.8) is 0 Å². The molecule has 4 amide bonds. The third-order valence-electron chi connectivity index (χ3n) is 6.69. The van der Waals surface area contributed by atoms with Crippen molar-refractivity contribution in [3.8, 4) is 5.75 Å². The Morgan fingerprint density at radius 1 is 0.951 bits per heavy atom. The van der Waals surface area contributed by atoms with Crippen LogP contribution >= 0.6 is 0 Å². The number of carbonyl (C=O) groups excluding carboxylic acids is 4. The molecule has 0 aliphatic heterocycles. The summed E-state index contributed by atoms with van der Waals surface area (Å²) in [6, 6.07) is 11.2. The predicted molar refractivity (Wildman–Crippen MR) is 147 cm³/mol. The predicted octanol–water partition coefficient (Wildman–Crippen LogP) is 0.643. The summed E-state index contributed by atoms with van der Waals surface area (Å²) in [4.78, 5) is 64.7. The van der Waals surface area contributed by atoms with Crippen molar-refractivity contribution in [2.75, 3.05) is 26.2 Å². The zero-order valence-electron chi connectivity index (χ0n) is 22.7. The number of benzene rings is 2. The molecule has 1 saturated carbocycles. The second kappa shape index (κ2) is 14.8. The second-order valence-corrected chi connectivity index (χ2v) is 10.2. The number of phenolic OH excluding ortho intramolecular Hbond substituents is 1. The van der Waals surface area contributed by atoms with Crippen LogP contribution in [0.15, 0.2) is 48.5 Å². The van der Waals surface area contributed by atoms with Crippen molar-refractivity contribution in [3.05, 3.63) is 65.2 Å². The van der Waals surface area contributed by atoms with Gasteiger partial charge < -0.3 is 36.2 Å². The van der Waals surface area contributed by atoms with Gasteiger partial charge in [-0.25, -0.2) is 0 Å². The summed E-state index contributed by atoms with van der Waals surface area (Å²) in [5.74, 6) is -3.19. The second-order valence-electron chi connectivity index (χ2n) is 10.2. The molecular weight excluding hydrogens is 532 g/mol. The summed E-state index contributed by atoms with van der Waals surface area (Å²) in [7, 11) is 0.